The highest BCUT2D eigenvalue weighted by Crippen LogP contribution is 2.23. The van der Waals surface area contributed by atoms with Crippen molar-refractivity contribution in [3.05, 3.63) is 18.3 Å². The number of morpholine rings is 1. The molecule has 2 rings (SSSR count). The van der Waals surface area contributed by atoms with Crippen LogP contribution in [0.3, 0.4) is 0 Å². The molecule has 1 aromatic rings. The molecule has 1 aromatic heterocycles. The summed E-state index contributed by atoms with van der Waals surface area (Å²) in [5.74, 6) is 1.21. The highest BCUT2D eigenvalue weighted by molar-refractivity contribution is 5.32. The zero-order valence-electron chi connectivity index (χ0n) is 10.0. The van der Waals surface area contributed by atoms with Gasteiger partial charge in [0.1, 0.15) is 12.7 Å². The maximum absolute atomic E-state index is 5.68. The largest absolute Gasteiger partial charge is 0.485 e. The topological polar surface area (TPSA) is 52.6 Å². The Morgan fingerprint density at radius 3 is 3.24 bits per heavy atom. The van der Waals surface area contributed by atoms with Gasteiger partial charge in [0.25, 0.3) is 5.88 Å². The molecule has 0 amide bonds. The molecule has 1 aliphatic heterocycles. The van der Waals surface area contributed by atoms with E-state index in [0.717, 1.165) is 19.7 Å². The highest BCUT2D eigenvalue weighted by atomic mass is 16.5. The second kappa shape index (κ2) is 6.42. The molecular weight excluding hydrogens is 220 g/mol. The monoisotopic (exact) mass is 238 g/mol. The third-order valence-electron chi connectivity index (χ3n) is 2.45. The molecule has 0 spiro atoms. The van der Waals surface area contributed by atoms with Crippen molar-refractivity contribution in [3.63, 3.8) is 0 Å². The molecule has 5 heteroatoms. The Bertz CT molecular complexity index is 340. The van der Waals surface area contributed by atoms with Crippen molar-refractivity contribution in [2.45, 2.75) is 13.0 Å². The maximum atomic E-state index is 5.68. The van der Waals surface area contributed by atoms with Gasteiger partial charge in [0.2, 0.25) is 0 Å². The Balaban J connectivity index is 1.88. The Hall–Kier alpha value is -1.33. The van der Waals surface area contributed by atoms with Crippen LogP contribution in [0.25, 0.3) is 0 Å². The molecule has 1 saturated heterocycles. The fourth-order valence-corrected chi connectivity index (χ4v) is 1.64. The molecule has 0 aliphatic carbocycles. The minimum Gasteiger partial charge on any atom is -0.485 e. The number of hydrogen-bond acceptors (Lipinski definition) is 5. The van der Waals surface area contributed by atoms with Crippen LogP contribution in [0.15, 0.2) is 18.3 Å². The lowest BCUT2D eigenvalue weighted by atomic mass is 10.3. The Labute approximate surface area is 101 Å². The van der Waals surface area contributed by atoms with Crippen LogP contribution in [0.1, 0.15) is 6.92 Å². The Kier molecular flexibility index (Phi) is 4.58. The third-order valence-corrected chi connectivity index (χ3v) is 2.45. The smallest absolute Gasteiger partial charge is 0.256 e. The SMILES string of the molecule is CCOc1ncccc1OCC1CNCCO1. The van der Waals surface area contributed by atoms with E-state index in [9.17, 15) is 0 Å². The molecule has 17 heavy (non-hydrogen) atoms. The molecule has 0 bridgehead atoms. The average molecular weight is 238 g/mol. The van der Waals surface area contributed by atoms with Crippen LogP contribution in [0.4, 0.5) is 0 Å². The quantitative estimate of drug-likeness (QED) is 0.824. The van der Waals surface area contributed by atoms with Crippen molar-refractivity contribution >= 4 is 0 Å². The molecule has 1 atom stereocenters. The first-order valence-electron chi connectivity index (χ1n) is 5.93. The van der Waals surface area contributed by atoms with Crippen LogP contribution in [-0.4, -0.2) is 44.0 Å². The van der Waals surface area contributed by atoms with Crippen LogP contribution >= 0.6 is 0 Å². The summed E-state index contributed by atoms with van der Waals surface area (Å²) >= 11 is 0. The molecule has 1 N–H and O–H groups in total. The Morgan fingerprint density at radius 1 is 1.53 bits per heavy atom. The van der Waals surface area contributed by atoms with Crippen LogP contribution in [0.2, 0.25) is 0 Å². The fourth-order valence-electron chi connectivity index (χ4n) is 1.64. The lowest BCUT2D eigenvalue weighted by Gasteiger charge is -2.23. The van der Waals surface area contributed by atoms with Crippen molar-refractivity contribution < 1.29 is 14.2 Å². The van der Waals surface area contributed by atoms with Crippen molar-refractivity contribution in [2.75, 3.05) is 32.9 Å². The predicted octanol–water partition coefficient (Wildman–Crippen LogP) is 0.847. The lowest BCUT2D eigenvalue weighted by Crippen LogP contribution is -2.41. The highest BCUT2D eigenvalue weighted by Gasteiger charge is 2.15. The first-order valence-corrected chi connectivity index (χ1v) is 5.93. The first-order chi connectivity index (χ1) is 8.40. The molecule has 0 aromatic carbocycles. The minimum atomic E-state index is 0.0958. The zero-order valence-corrected chi connectivity index (χ0v) is 10.0. The zero-order chi connectivity index (χ0) is 11.9. The van der Waals surface area contributed by atoms with Gasteiger partial charge in [0.05, 0.1) is 13.2 Å². The van der Waals surface area contributed by atoms with E-state index in [2.05, 4.69) is 10.3 Å². The van der Waals surface area contributed by atoms with E-state index in [-0.39, 0.29) is 6.10 Å². The van der Waals surface area contributed by atoms with Gasteiger partial charge in [-0.05, 0) is 19.1 Å². The van der Waals surface area contributed by atoms with Crippen LogP contribution in [0, 0.1) is 0 Å². The van der Waals surface area contributed by atoms with Crippen molar-refractivity contribution in [1.29, 1.82) is 0 Å². The number of ether oxygens (including phenoxy) is 3. The van der Waals surface area contributed by atoms with Gasteiger partial charge >= 0.3 is 0 Å². The number of rotatable bonds is 5. The maximum Gasteiger partial charge on any atom is 0.256 e. The van der Waals surface area contributed by atoms with Gasteiger partial charge in [-0.1, -0.05) is 0 Å². The number of hydrogen-bond donors (Lipinski definition) is 1. The number of nitrogens with one attached hydrogen (secondary N) is 1. The van der Waals surface area contributed by atoms with Crippen LogP contribution in [-0.2, 0) is 4.74 Å². The summed E-state index contributed by atoms with van der Waals surface area (Å²) in [6, 6.07) is 3.69. The summed E-state index contributed by atoms with van der Waals surface area (Å²) in [7, 11) is 0. The van der Waals surface area contributed by atoms with Crippen LogP contribution < -0.4 is 14.8 Å². The van der Waals surface area contributed by atoms with Gasteiger partial charge in [0, 0.05) is 19.3 Å². The predicted molar refractivity (Wildman–Crippen MR) is 63.5 cm³/mol. The number of nitrogens with zero attached hydrogens (tertiary/aromatic N) is 1. The molecule has 1 unspecified atom stereocenters. The molecule has 1 aliphatic rings. The second-order valence-electron chi connectivity index (χ2n) is 3.75. The van der Waals surface area contributed by atoms with E-state index in [0.29, 0.717) is 24.8 Å². The van der Waals surface area contributed by atoms with Crippen molar-refractivity contribution in [2.24, 2.45) is 0 Å². The molecule has 5 nitrogen and oxygen atoms in total. The summed E-state index contributed by atoms with van der Waals surface area (Å²) in [5, 5.41) is 3.26. The molecule has 0 saturated carbocycles. The van der Waals surface area contributed by atoms with Gasteiger partial charge in [-0.25, -0.2) is 4.98 Å². The molecule has 1 fully saturated rings. The van der Waals surface area contributed by atoms with Crippen molar-refractivity contribution in [3.8, 4) is 11.6 Å². The van der Waals surface area contributed by atoms with Gasteiger partial charge in [0.15, 0.2) is 5.75 Å². The molecule has 0 radical (unpaired) electrons. The van der Waals surface area contributed by atoms with E-state index in [1.807, 2.05) is 19.1 Å². The molecule has 94 valence electrons. The minimum absolute atomic E-state index is 0.0958. The second-order valence-corrected chi connectivity index (χ2v) is 3.75. The van der Waals surface area contributed by atoms with E-state index >= 15 is 0 Å². The fraction of sp³-hybridized carbons (Fsp3) is 0.583. The Morgan fingerprint density at radius 2 is 2.47 bits per heavy atom. The van der Waals surface area contributed by atoms with Gasteiger partial charge < -0.3 is 19.5 Å². The summed E-state index contributed by atoms with van der Waals surface area (Å²) in [6.45, 7) is 5.48. The van der Waals surface area contributed by atoms with E-state index in [4.69, 9.17) is 14.2 Å². The summed E-state index contributed by atoms with van der Waals surface area (Å²) in [6.07, 6.45) is 1.79. The van der Waals surface area contributed by atoms with E-state index < -0.39 is 0 Å². The van der Waals surface area contributed by atoms with E-state index in [1.165, 1.54) is 0 Å². The summed E-state index contributed by atoms with van der Waals surface area (Å²) in [5.41, 5.74) is 0. The van der Waals surface area contributed by atoms with Crippen LogP contribution in [0.5, 0.6) is 11.6 Å². The molecular formula is C12H18N2O3. The van der Waals surface area contributed by atoms with E-state index in [1.54, 1.807) is 6.20 Å². The average Bonchev–Trinajstić information content (AvgIpc) is 2.39. The van der Waals surface area contributed by atoms with Gasteiger partial charge in [-0.3, -0.25) is 0 Å². The summed E-state index contributed by atoms with van der Waals surface area (Å²) in [4.78, 5) is 4.13. The summed E-state index contributed by atoms with van der Waals surface area (Å²) < 4.78 is 16.6. The van der Waals surface area contributed by atoms with Gasteiger partial charge in [-0.2, -0.15) is 0 Å². The number of pyridine rings is 1. The van der Waals surface area contributed by atoms with Gasteiger partial charge in [-0.15, -0.1) is 0 Å². The van der Waals surface area contributed by atoms with Crippen molar-refractivity contribution in [1.82, 2.24) is 10.3 Å². The number of aromatic nitrogens is 1. The molecule has 2 heterocycles. The standard InChI is InChI=1S/C12H18N2O3/c1-2-15-12-11(4-3-5-14-12)17-9-10-8-13-6-7-16-10/h3-5,10,13H,2,6-9H2,1H3. The first kappa shape index (κ1) is 12.1. The lowest BCUT2D eigenvalue weighted by molar-refractivity contribution is -0.000483. The normalized spacial score (nSPS) is 19.9. The third kappa shape index (κ3) is 3.57.